The Bertz CT molecular complexity index is 509. The third-order valence-electron chi connectivity index (χ3n) is 3.07. The van der Waals surface area contributed by atoms with Crippen LogP contribution in [0.5, 0.6) is 0 Å². The van der Waals surface area contributed by atoms with Crippen LogP contribution in [-0.2, 0) is 11.3 Å². The van der Waals surface area contributed by atoms with E-state index in [0.29, 0.717) is 11.3 Å². The second-order valence-electron chi connectivity index (χ2n) is 4.14. The molecule has 0 bridgehead atoms. The molecule has 5 heteroatoms. The van der Waals surface area contributed by atoms with Crippen LogP contribution in [0, 0.1) is 0 Å². The molecule has 0 N–H and O–H groups in total. The van der Waals surface area contributed by atoms with E-state index in [1.807, 2.05) is 26.0 Å². The van der Waals surface area contributed by atoms with E-state index < -0.39 is 0 Å². The van der Waals surface area contributed by atoms with Gasteiger partial charge in [0.1, 0.15) is 5.15 Å². The molecule has 3 nitrogen and oxygen atoms in total. The molecule has 3 rings (SSSR count). The lowest BCUT2D eigenvalue weighted by molar-refractivity contribution is 0.0980. The smallest absolute Gasteiger partial charge is 0.138 e. The van der Waals surface area contributed by atoms with Crippen LogP contribution in [0.4, 0.5) is 0 Å². The Balaban J connectivity index is 0.000000576. The van der Waals surface area contributed by atoms with E-state index in [1.54, 1.807) is 6.20 Å². The Morgan fingerprint density at radius 3 is 2.89 bits per heavy atom. The monoisotopic (exact) mass is 394 g/mol. The summed E-state index contributed by atoms with van der Waals surface area (Å²) < 4.78 is 7.83. The van der Waals surface area contributed by atoms with Crippen molar-refractivity contribution in [3.63, 3.8) is 0 Å². The Morgan fingerprint density at radius 1 is 1.42 bits per heavy atom. The lowest BCUT2D eigenvalue weighted by Crippen LogP contribution is -2.13. The molecule has 1 aliphatic heterocycles. The van der Waals surface area contributed by atoms with Crippen LogP contribution in [0.1, 0.15) is 26.7 Å². The number of fused-ring (bicyclic) bond motifs is 1. The third-order valence-corrected chi connectivity index (χ3v) is 3.37. The van der Waals surface area contributed by atoms with Crippen LogP contribution in [0.15, 0.2) is 24.5 Å². The number of pyridine rings is 1. The minimum Gasteiger partial charge on any atom is -0.376 e. The van der Waals surface area contributed by atoms with Crippen molar-refractivity contribution in [2.45, 2.75) is 39.3 Å². The maximum absolute atomic E-state index is 6.03. The van der Waals surface area contributed by atoms with Crippen LogP contribution in [0.2, 0.25) is 5.15 Å². The van der Waals surface area contributed by atoms with Gasteiger partial charge in [-0.1, -0.05) is 25.4 Å². The standard InChI is InChI=1S/C12H13ClN2O.C2H6.HI/c13-12-10-4-6-15(11(10)3-5-14-12)8-9-2-1-7-16-9;1-2;/h3-6,9H,1-2,7-8H2;1-2H3;1H. The molecule has 3 heterocycles. The van der Waals surface area contributed by atoms with E-state index in [2.05, 4.69) is 15.7 Å². The maximum atomic E-state index is 6.03. The number of hydrogen-bond acceptors (Lipinski definition) is 2. The van der Waals surface area contributed by atoms with E-state index in [4.69, 9.17) is 16.3 Å². The number of hydrogen-bond donors (Lipinski definition) is 0. The summed E-state index contributed by atoms with van der Waals surface area (Å²) in [5.41, 5.74) is 1.13. The Kier molecular flexibility index (Phi) is 7.10. The summed E-state index contributed by atoms with van der Waals surface area (Å²) >= 11 is 6.03. The summed E-state index contributed by atoms with van der Waals surface area (Å²) in [5.74, 6) is 0. The SMILES string of the molecule is CC.Clc1nccc2c1ccn2CC1CCCO1.I. The highest BCUT2D eigenvalue weighted by Crippen LogP contribution is 2.23. The Hall–Kier alpha value is -0.330. The molecule has 1 fully saturated rings. The number of aromatic nitrogens is 2. The zero-order valence-electron chi connectivity index (χ0n) is 11.3. The van der Waals surface area contributed by atoms with E-state index in [1.165, 1.54) is 6.42 Å². The van der Waals surface area contributed by atoms with E-state index in [0.717, 1.165) is 30.5 Å². The fourth-order valence-corrected chi connectivity index (χ4v) is 2.47. The summed E-state index contributed by atoms with van der Waals surface area (Å²) in [4.78, 5) is 4.07. The first kappa shape index (κ1) is 16.7. The van der Waals surface area contributed by atoms with Gasteiger partial charge in [-0.05, 0) is 25.0 Å². The molecule has 1 aliphatic rings. The van der Waals surface area contributed by atoms with Crippen LogP contribution in [0.25, 0.3) is 10.9 Å². The molecule has 0 saturated carbocycles. The van der Waals surface area contributed by atoms with Crippen LogP contribution >= 0.6 is 35.6 Å². The van der Waals surface area contributed by atoms with Crippen molar-refractivity contribution in [3.8, 4) is 0 Å². The second-order valence-corrected chi connectivity index (χ2v) is 4.50. The van der Waals surface area contributed by atoms with Gasteiger partial charge in [0, 0.05) is 30.9 Å². The third kappa shape index (κ3) is 3.83. The van der Waals surface area contributed by atoms with Gasteiger partial charge in [0.25, 0.3) is 0 Å². The fraction of sp³-hybridized carbons (Fsp3) is 0.500. The molecule has 1 unspecified atom stereocenters. The number of nitrogens with zero attached hydrogens (tertiary/aromatic N) is 2. The first-order chi connectivity index (χ1) is 8.84. The van der Waals surface area contributed by atoms with Gasteiger partial charge in [0.05, 0.1) is 11.6 Å². The first-order valence-electron chi connectivity index (χ1n) is 6.55. The molecule has 0 radical (unpaired) electrons. The van der Waals surface area contributed by atoms with E-state index >= 15 is 0 Å². The summed E-state index contributed by atoms with van der Waals surface area (Å²) in [6.45, 7) is 5.80. The normalized spacial score (nSPS) is 17.7. The van der Waals surface area contributed by atoms with Gasteiger partial charge in [0.15, 0.2) is 0 Å². The zero-order valence-corrected chi connectivity index (χ0v) is 14.4. The average molecular weight is 395 g/mol. The minimum absolute atomic E-state index is 0. The van der Waals surface area contributed by atoms with Crippen molar-refractivity contribution < 1.29 is 4.74 Å². The highest BCUT2D eigenvalue weighted by atomic mass is 127. The molecule has 19 heavy (non-hydrogen) atoms. The number of ether oxygens (including phenoxy) is 1. The minimum atomic E-state index is 0. The quantitative estimate of drug-likeness (QED) is 0.553. The van der Waals surface area contributed by atoms with Crippen LogP contribution < -0.4 is 0 Å². The lowest BCUT2D eigenvalue weighted by Gasteiger charge is -2.11. The van der Waals surface area contributed by atoms with Crippen molar-refractivity contribution >= 4 is 46.5 Å². The van der Waals surface area contributed by atoms with Crippen molar-refractivity contribution in [2.24, 2.45) is 0 Å². The molecule has 2 aromatic heterocycles. The topological polar surface area (TPSA) is 27.1 Å². The molecular formula is C14H20ClIN2O. The lowest BCUT2D eigenvalue weighted by atomic mass is 10.2. The molecule has 0 spiro atoms. The predicted octanol–water partition coefficient (Wildman–Crippen LogP) is 4.51. The van der Waals surface area contributed by atoms with Crippen LogP contribution in [-0.4, -0.2) is 22.3 Å². The molecule has 0 aromatic carbocycles. The van der Waals surface area contributed by atoms with Gasteiger partial charge < -0.3 is 9.30 Å². The Labute approximate surface area is 136 Å². The second kappa shape index (κ2) is 8.07. The van der Waals surface area contributed by atoms with E-state index in [-0.39, 0.29) is 24.0 Å². The largest absolute Gasteiger partial charge is 0.376 e. The Morgan fingerprint density at radius 2 is 2.21 bits per heavy atom. The summed E-state index contributed by atoms with van der Waals surface area (Å²) in [6.07, 6.45) is 6.48. The van der Waals surface area contributed by atoms with Crippen molar-refractivity contribution in [1.82, 2.24) is 9.55 Å². The van der Waals surface area contributed by atoms with Crippen LogP contribution in [0.3, 0.4) is 0 Å². The predicted molar refractivity (Wildman–Crippen MR) is 90.5 cm³/mol. The number of halogens is 2. The van der Waals surface area contributed by atoms with Crippen molar-refractivity contribution in [1.29, 1.82) is 0 Å². The molecular weight excluding hydrogens is 375 g/mol. The zero-order chi connectivity index (χ0) is 13.0. The molecule has 1 saturated heterocycles. The van der Waals surface area contributed by atoms with Gasteiger partial charge >= 0.3 is 0 Å². The molecule has 1 atom stereocenters. The first-order valence-corrected chi connectivity index (χ1v) is 6.93. The van der Waals surface area contributed by atoms with Gasteiger partial charge in [-0.2, -0.15) is 0 Å². The van der Waals surface area contributed by atoms with E-state index in [9.17, 15) is 0 Å². The maximum Gasteiger partial charge on any atom is 0.138 e. The summed E-state index contributed by atoms with van der Waals surface area (Å²) in [5, 5.41) is 1.59. The highest BCUT2D eigenvalue weighted by Gasteiger charge is 2.16. The summed E-state index contributed by atoms with van der Waals surface area (Å²) in [6, 6.07) is 4.01. The van der Waals surface area contributed by atoms with Gasteiger partial charge in [-0.3, -0.25) is 0 Å². The van der Waals surface area contributed by atoms with Crippen molar-refractivity contribution in [3.05, 3.63) is 29.7 Å². The summed E-state index contributed by atoms with van der Waals surface area (Å²) in [7, 11) is 0. The molecule has 0 amide bonds. The molecule has 106 valence electrons. The average Bonchev–Trinajstić information content (AvgIpc) is 3.04. The molecule has 2 aromatic rings. The molecule has 0 aliphatic carbocycles. The van der Waals surface area contributed by atoms with Gasteiger partial charge in [0.2, 0.25) is 0 Å². The van der Waals surface area contributed by atoms with Gasteiger partial charge in [-0.15, -0.1) is 24.0 Å². The fourth-order valence-electron chi connectivity index (χ4n) is 2.25. The highest BCUT2D eigenvalue weighted by molar-refractivity contribution is 14.0. The van der Waals surface area contributed by atoms with Crippen molar-refractivity contribution in [2.75, 3.05) is 6.61 Å². The number of rotatable bonds is 2. The van der Waals surface area contributed by atoms with Gasteiger partial charge in [-0.25, -0.2) is 4.98 Å².